The molecule has 0 atom stereocenters. The highest BCUT2D eigenvalue weighted by molar-refractivity contribution is 5.95. The van der Waals surface area contributed by atoms with Gasteiger partial charge in [-0.05, 0) is 0 Å². The van der Waals surface area contributed by atoms with Crippen molar-refractivity contribution in [3.8, 4) is 0 Å². The van der Waals surface area contributed by atoms with Crippen LogP contribution in [-0.4, -0.2) is 25.7 Å². The smallest absolute Gasteiger partial charge is 0.356 e. The normalized spacial score (nSPS) is 10.7. The van der Waals surface area contributed by atoms with E-state index in [9.17, 15) is 4.79 Å². The Morgan fingerprint density at radius 1 is 1.75 bits per heavy atom. The van der Waals surface area contributed by atoms with E-state index in [0.717, 1.165) is 0 Å². The molecule has 0 bridgehead atoms. The van der Waals surface area contributed by atoms with E-state index in [-0.39, 0.29) is 11.4 Å². The molecule has 0 aromatic carbocycles. The SMILES string of the molecule is Nc1c(C(=O)O)[nH]n2ccnc12. The van der Waals surface area contributed by atoms with Crippen LogP contribution in [0.3, 0.4) is 0 Å². The van der Waals surface area contributed by atoms with E-state index in [1.807, 2.05) is 0 Å². The van der Waals surface area contributed by atoms with Crippen molar-refractivity contribution in [3.05, 3.63) is 18.1 Å². The molecule has 6 nitrogen and oxygen atoms in total. The number of rotatable bonds is 1. The van der Waals surface area contributed by atoms with Crippen LogP contribution in [-0.2, 0) is 0 Å². The molecule has 6 heteroatoms. The summed E-state index contributed by atoms with van der Waals surface area (Å²) >= 11 is 0. The lowest BCUT2D eigenvalue weighted by Gasteiger charge is -1.87. The molecule has 0 aliphatic carbocycles. The van der Waals surface area contributed by atoms with Crippen LogP contribution in [0.5, 0.6) is 0 Å². The summed E-state index contributed by atoms with van der Waals surface area (Å²) in [5, 5.41) is 11.2. The predicted molar refractivity (Wildman–Crippen MR) is 40.9 cm³/mol. The molecule has 2 aromatic rings. The predicted octanol–water partition coefficient (Wildman–Crippen LogP) is -0.0572. The number of nitrogens with one attached hydrogen (secondary N) is 1. The zero-order chi connectivity index (χ0) is 8.72. The van der Waals surface area contributed by atoms with Gasteiger partial charge in [-0.15, -0.1) is 0 Å². The fraction of sp³-hybridized carbons (Fsp3) is 0. The average Bonchev–Trinajstić information content (AvgIpc) is 2.53. The summed E-state index contributed by atoms with van der Waals surface area (Å²) in [5.41, 5.74) is 6.06. The number of fused-ring (bicyclic) bond motifs is 1. The molecule has 12 heavy (non-hydrogen) atoms. The van der Waals surface area contributed by atoms with Crippen molar-refractivity contribution in [1.82, 2.24) is 14.6 Å². The summed E-state index contributed by atoms with van der Waals surface area (Å²) in [5.74, 6) is -1.09. The maximum absolute atomic E-state index is 10.5. The highest BCUT2D eigenvalue weighted by atomic mass is 16.4. The van der Waals surface area contributed by atoms with Crippen LogP contribution in [0.2, 0.25) is 0 Å². The second-order valence-electron chi connectivity index (χ2n) is 2.33. The Balaban J connectivity index is 2.78. The van der Waals surface area contributed by atoms with Gasteiger partial charge in [0.15, 0.2) is 11.3 Å². The average molecular weight is 166 g/mol. The number of aromatic amines is 1. The minimum Gasteiger partial charge on any atom is -0.476 e. The van der Waals surface area contributed by atoms with Crippen molar-refractivity contribution in [2.75, 3.05) is 5.73 Å². The van der Waals surface area contributed by atoms with Gasteiger partial charge in [0.1, 0.15) is 5.69 Å². The van der Waals surface area contributed by atoms with Crippen LogP contribution in [0.1, 0.15) is 10.5 Å². The number of hydrogen-bond donors (Lipinski definition) is 3. The van der Waals surface area contributed by atoms with Gasteiger partial charge in [-0.1, -0.05) is 0 Å². The van der Waals surface area contributed by atoms with E-state index < -0.39 is 5.97 Å². The standard InChI is InChI=1S/C6H6N4O2/c7-3-4(6(11)12)9-10-2-1-8-5(3)10/h1-2,9H,7H2,(H,11,12). The fourth-order valence-corrected chi connectivity index (χ4v) is 1.05. The van der Waals surface area contributed by atoms with Crippen LogP contribution >= 0.6 is 0 Å². The van der Waals surface area contributed by atoms with Gasteiger partial charge >= 0.3 is 5.97 Å². The van der Waals surface area contributed by atoms with Crippen molar-refractivity contribution in [1.29, 1.82) is 0 Å². The number of aromatic carboxylic acids is 1. The number of nitrogen functional groups attached to an aromatic ring is 1. The third-order valence-electron chi connectivity index (χ3n) is 1.60. The highest BCUT2D eigenvalue weighted by Gasteiger charge is 2.14. The number of carboxylic acid groups (broad SMARTS) is 1. The minimum atomic E-state index is -1.09. The molecule has 0 saturated carbocycles. The molecule has 0 aliphatic rings. The second-order valence-corrected chi connectivity index (χ2v) is 2.33. The molecular formula is C6H6N4O2. The Kier molecular flexibility index (Phi) is 1.12. The summed E-state index contributed by atoms with van der Waals surface area (Å²) in [6.07, 6.45) is 3.13. The number of nitrogens with two attached hydrogens (primary N) is 1. The number of imidazole rings is 1. The molecule has 2 heterocycles. The van der Waals surface area contributed by atoms with E-state index in [4.69, 9.17) is 10.8 Å². The van der Waals surface area contributed by atoms with Gasteiger partial charge in [-0.2, -0.15) is 0 Å². The van der Waals surface area contributed by atoms with Gasteiger partial charge in [0.05, 0.1) is 0 Å². The summed E-state index contributed by atoms with van der Waals surface area (Å²) in [6.45, 7) is 0. The quantitative estimate of drug-likeness (QED) is 0.553. The van der Waals surface area contributed by atoms with Crippen molar-refractivity contribution >= 4 is 17.3 Å². The van der Waals surface area contributed by atoms with E-state index in [0.29, 0.717) is 5.65 Å². The van der Waals surface area contributed by atoms with Gasteiger partial charge in [0.25, 0.3) is 0 Å². The van der Waals surface area contributed by atoms with Crippen molar-refractivity contribution in [2.24, 2.45) is 0 Å². The Bertz CT molecular complexity index is 441. The van der Waals surface area contributed by atoms with Crippen LogP contribution in [0.25, 0.3) is 5.65 Å². The monoisotopic (exact) mass is 166 g/mol. The third kappa shape index (κ3) is 0.685. The molecule has 2 aromatic heterocycles. The van der Waals surface area contributed by atoms with Crippen molar-refractivity contribution in [3.63, 3.8) is 0 Å². The molecule has 0 spiro atoms. The molecular weight excluding hydrogens is 160 g/mol. The number of nitrogens with zero attached hydrogens (tertiary/aromatic N) is 2. The number of hydrogen-bond acceptors (Lipinski definition) is 3. The number of H-pyrrole nitrogens is 1. The topological polar surface area (TPSA) is 96.4 Å². The van der Waals surface area contributed by atoms with Crippen LogP contribution in [0.15, 0.2) is 12.4 Å². The van der Waals surface area contributed by atoms with Gasteiger partial charge in [-0.3, -0.25) is 5.10 Å². The van der Waals surface area contributed by atoms with Gasteiger partial charge in [0.2, 0.25) is 0 Å². The first-order valence-electron chi connectivity index (χ1n) is 3.24. The summed E-state index contributed by atoms with van der Waals surface area (Å²) < 4.78 is 1.46. The molecule has 62 valence electrons. The van der Waals surface area contributed by atoms with Crippen molar-refractivity contribution < 1.29 is 9.90 Å². The Morgan fingerprint density at radius 3 is 3.08 bits per heavy atom. The number of anilines is 1. The molecule has 0 amide bonds. The maximum Gasteiger partial charge on any atom is 0.356 e. The van der Waals surface area contributed by atoms with Gasteiger partial charge < -0.3 is 10.8 Å². The minimum absolute atomic E-state index is 0.0295. The third-order valence-corrected chi connectivity index (χ3v) is 1.60. The van der Waals surface area contributed by atoms with Crippen LogP contribution in [0, 0.1) is 0 Å². The largest absolute Gasteiger partial charge is 0.476 e. The Hall–Kier alpha value is -1.98. The van der Waals surface area contributed by atoms with E-state index in [1.54, 1.807) is 6.20 Å². The van der Waals surface area contributed by atoms with E-state index in [1.165, 1.54) is 10.7 Å². The maximum atomic E-state index is 10.5. The summed E-state index contributed by atoms with van der Waals surface area (Å²) in [4.78, 5) is 14.4. The van der Waals surface area contributed by atoms with E-state index in [2.05, 4.69) is 10.1 Å². The van der Waals surface area contributed by atoms with Crippen LogP contribution < -0.4 is 5.73 Å². The van der Waals surface area contributed by atoms with Crippen LogP contribution in [0.4, 0.5) is 5.69 Å². The Labute approximate surface area is 66.6 Å². The van der Waals surface area contributed by atoms with E-state index >= 15 is 0 Å². The zero-order valence-corrected chi connectivity index (χ0v) is 5.98. The molecule has 2 rings (SSSR count). The fourth-order valence-electron chi connectivity index (χ4n) is 1.05. The Morgan fingerprint density at radius 2 is 2.50 bits per heavy atom. The molecule has 0 unspecified atom stereocenters. The molecule has 0 aliphatic heterocycles. The first-order valence-corrected chi connectivity index (χ1v) is 3.24. The lowest BCUT2D eigenvalue weighted by molar-refractivity contribution is 0.0691. The molecule has 4 N–H and O–H groups in total. The molecule has 0 saturated heterocycles. The number of carbonyl (C=O) groups is 1. The molecule has 0 fully saturated rings. The summed E-state index contributed by atoms with van der Waals surface area (Å²) in [6, 6.07) is 0. The highest BCUT2D eigenvalue weighted by Crippen LogP contribution is 2.15. The number of carboxylic acids is 1. The van der Waals surface area contributed by atoms with Gasteiger partial charge in [-0.25, -0.2) is 14.3 Å². The first-order chi connectivity index (χ1) is 5.70. The lowest BCUT2D eigenvalue weighted by atomic mass is 10.4. The number of aromatic nitrogens is 3. The first kappa shape index (κ1) is 6.71. The zero-order valence-electron chi connectivity index (χ0n) is 5.98. The summed E-state index contributed by atoms with van der Waals surface area (Å²) in [7, 11) is 0. The lowest BCUT2D eigenvalue weighted by Crippen LogP contribution is -2.01. The van der Waals surface area contributed by atoms with Gasteiger partial charge in [0, 0.05) is 12.4 Å². The molecule has 0 radical (unpaired) electrons. The van der Waals surface area contributed by atoms with Crippen molar-refractivity contribution in [2.45, 2.75) is 0 Å². The second kappa shape index (κ2) is 2.00.